The van der Waals surface area contributed by atoms with Gasteiger partial charge in [0.1, 0.15) is 0 Å². The molecular formula is C18H23N. The van der Waals surface area contributed by atoms with E-state index in [0.717, 1.165) is 6.42 Å². The highest BCUT2D eigenvalue weighted by atomic mass is 14.5. The Labute approximate surface area is 116 Å². The van der Waals surface area contributed by atoms with Gasteiger partial charge in [-0.25, -0.2) is 0 Å². The highest BCUT2D eigenvalue weighted by Gasteiger charge is 2.13. The molecule has 1 unspecified atom stereocenters. The van der Waals surface area contributed by atoms with E-state index < -0.39 is 0 Å². The van der Waals surface area contributed by atoms with Crippen LogP contribution in [0.3, 0.4) is 0 Å². The first-order chi connectivity index (χ1) is 9.11. The number of hydrogen-bond acceptors (Lipinski definition) is 1. The summed E-state index contributed by atoms with van der Waals surface area (Å²) in [4.78, 5) is 0. The molecule has 0 aliphatic heterocycles. The maximum atomic E-state index is 6.00. The van der Waals surface area contributed by atoms with Crippen molar-refractivity contribution in [3.63, 3.8) is 0 Å². The number of hydrogen-bond donors (Lipinski definition) is 1. The SMILES string of the molecule is Cc1cccc(C(CN)Cc2c(C)cccc2C)c1. The van der Waals surface area contributed by atoms with Crippen LogP contribution in [-0.2, 0) is 6.42 Å². The van der Waals surface area contributed by atoms with Crippen LogP contribution in [-0.4, -0.2) is 6.54 Å². The third-order valence-corrected chi connectivity index (χ3v) is 3.89. The fourth-order valence-corrected chi connectivity index (χ4v) is 2.68. The largest absolute Gasteiger partial charge is 0.330 e. The molecule has 0 amide bonds. The van der Waals surface area contributed by atoms with E-state index in [9.17, 15) is 0 Å². The first-order valence-electron chi connectivity index (χ1n) is 6.93. The maximum Gasteiger partial charge on any atom is 0.000187 e. The summed E-state index contributed by atoms with van der Waals surface area (Å²) in [6, 6.07) is 15.2. The average Bonchev–Trinajstić information content (AvgIpc) is 2.38. The van der Waals surface area contributed by atoms with Crippen LogP contribution in [0.15, 0.2) is 42.5 Å². The predicted octanol–water partition coefficient (Wildman–Crippen LogP) is 3.90. The second-order valence-corrected chi connectivity index (χ2v) is 5.42. The second kappa shape index (κ2) is 6.03. The van der Waals surface area contributed by atoms with E-state index in [1.165, 1.54) is 27.8 Å². The smallest absolute Gasteiger partial charge is 0.000187 e. The van der Waals surface area contributed by atoms with Crippen molar-refractivity contribution in [3.05, 3.63) is 70.3 Å². The number of aryl methyl sites for hydroxylation is 3. The third-order valence-electron chi connectivity index (χ3n) is 3.89. The van der Waals surface area contributed by atoms with Gasteiger partial charge in [0.05, 0.1) is 0 Å². The van der Waals surface area contributed by atoms with Crippen molar-refractivity contribution < 1.29 is 0 Å². The molecule has 0 saturated carbocycles. The molecule has 19 heavy (non-hydrogen) atoms. The van der Waals surface area contributed by atoms with Crippen LogP contribution in [0.4, 0.5) is 0 Å². The van der Waals surface area contributed by atoms with Gasteiger partial charge in [-0.05, 0) is 56.0 Å². The van der Waals surface area contributed by atoms with E-state index in [0.29, 0.717) is 12.5 Å². The van der Waals surface area contributed by atoms with Gasteiger partial charge in [0.25, 0.3) is 0 Å². The highest BCUT2D eigenvalue weighted by molar-refractivity contribution is 5.36. The van der Waals surface area contributed by atoms with Crippen LogP contribution < -0.4 is 5.73 Å². The van der Waals surface area contributed by atoms with Gasteiger partial charge in [-0.2, -0.15) is 0 Å². The summed E-state index contributed by atoms with van der Waals surface area (Å²) < 4.78 is 0. The predicted molar refractivity (Wildman–Crippen MR) is 82.6 cm³/mol. The molecule has 0 aromatic heterocycles. The zero-order valence-electron chi connectivity index (χ0n) is 12.1. The molecule has 2 aromatic rings. The van der Waals surface area contributed by atoms with Crippen molar-refractivity contribution in [2.24, 2.45) is 5.73 Å². The minimum absolute atomic E-state index is 0.402. The minimum atomic E-state index is 0.402. The lowest BCUT2D eigenvalue weighted by molar-refractivity contribution is 0.689. The first kappa shape index (κ1) is 13.8. The Bertz CT molecular complexity index is 537. The average molecular weight is 253 g/mol. The number of nitrogens with two attached hydrogens (primary N) is 1. The Morgan fingerprint density at radius 3 is 2.16 bits per heavy atom. The van der Waals surface area contributed by atoms with Crippen molar-refractivity contribution in [2.75, 3.05) is 6.54 Å². The first-order valence-corrected chi connectivity index (χ1v) is 6.93. The molecule has 0 fully saturated rings. The summed E-state index contributed by atoms with van der Waals surface area (Å²) >= 11 is 0. The van der Waals surface area contributed by atoms with E-state index in [2.05, 4.69) is 63.2 Å². The van der Waals surface area contributed by atoms with Crippen LogP contribution >= 0.6 is 0 Å². The lowest BCUT2D eigenvalue weighted by Crippen LogP contribution is -2.16. The fraction of sp³-hybridized carbons (Fsp3) is 0.333. The lowest BCUT2D eigenvalue weighted by atomic mass is 9.88. The Balaban J connectivity index is 2.29. The van der Waals surface area contributed by atoms with Crippen LogP contribution in [0.1, 0.15) is 33.7 Å². The summed E-state index contributed by atoms with van der Waals surface area (Å²) in [6.07, 6.45) is 1.03. The van der Waals surface area contributed by atoms with Crippen molar-refractivity contribution in [1.82, 2.24) is 0 Å². The molecule has 0 spiro atoms. The van der Waals surface area contributed by atoms with Crippen molar-refractivity contribution in [3.8, 4) is 0 Å². The van der Waals surface area contributed by atoms with Gasteiger partial charge in [0.15, 0.2) is 0 Å². The molecule has 2 rings (SSSR count). The third kappa shape index (κ3) is 3.24. The van der Waals surface area contributed by atoms with Gasteiger partial charge in [-0.1, -0.05) is 48.0 Å². The van der Waals surface area contributed by atoms with E-state index in [-0.39, 0.29) is 0 Å². The Morgan fingerprint density at radius 1 is 0.947 bits per heavy atom. The van der Waals surface area contributed by atoms with Gasteiger partial charge in [-0.3, -0.25) is 0 Å². The summed E-state index contributed by atoms with van der Waals surface area (Å²) in [5.41, 5.74) is 12.8. The standard InChI is InChI=1S/C18H23N/c1-13-6-4-9-16(10-13)17(12-19)11-18-14(2)7-5-8-15(18)3/h4-10,17H,11-12,19H2,1-3H3. The molecule has 100 valence electrons. The fourth-order valence-electron chi connectivity index (χ4n) is 2.68. The molecular weight excluding hydrogens is 230 g/mol. The topological polar surface area (TPSA) is 26.0 Å². The van der Waals surface area contributed by atoms with E-state index in [4.69, 9.17) is 5.73 Å². The van der Waals surface area contributed by atoms with Crippen LogP contribution in [0, 0.1) is 20.8 Å². The number of benzene rings is 2. The van der Waals surface area contributed by atoms with Crippen molar-refractivity contribution >= 4 is 0 Å². The van der Waals surface area contributed by atoms with Crippen LogP contribution in [0.25, 0.3) is 0 Å². The van der Waals surface area contributed by atoms with Gasteiger partial charge < -0.3 is 5.73 Å². The normalized spacial score (nSPS) is 12.4. The van der Waals surface area contributed by atoms with E-state index >= 15 is 0 Å². The summed E-state index contributed by atoms with van der Waals surface area (Å²) in [6.45, 7) is 7.20. The van der Waals surface area contributed by atoms with Crippen LogP contribution in [0.2, 0.25) is 0 Å². The van der Waals surface area contributed by atoms with Crippen molar-refractivity contribution in [2.45, 2.75) is 33.1 Å². The van der Waals surface area contributed by atoms with Crippen molar-refractivity contribution in [1.29, 1.82) is 0 Å². The summed E-state index contributed by atoms with van der Waals surface area (Å²) in [7, 11) is 0. The molecule has 2 aromatic carbocycles. The number of rotatable bonds is 4. The van der Waals surface area contributed by atoms with Gasteiger partial charge in [-0.15, -0.1) is 0 Å². The molecule has 0 saturated heterocycles. The second-order valence-electron chi connectivity index (χ2n) is 5.42. The molecule has 0 radical (unpaired) electrons. The quantitative estimate of drug-likeness (QED) is 0.878. The minimum Gasteiger partial charge on any atom is -0.330 e. The Morgan fingerprint density at radius 2 is 1.58 bits per heavy atom. The zero-order valence-corrected chi connectivity index (χ0v) is 12.1. The van der Waals surface area contributed by atoms with Gasteiger partial charge >= 0.3 is 0 Å². The zero-order chi connectivity index (χ0) is 13.8. The lowest BCUT2D eigenvalue weighted by Gasteiger charge is -2.19. The maximum absolute atomic E-state index is 6.00. The van der Waals surface area contributed by atoms with Crippen LogP contribution in [0.5, 0.6) is 0 Å². The summed E-state index contributed by atoms with van der Waals surface area (Å²) in [5.74, 6) is 0.402. The molecule has 1 nitrogen and oxygen atoms in total. The Hall–Kier alpha value is -1.60. The Kier molecular flexibility index (Phi) is 4.39. The molecule has 0 heterocycles. The summed E-state index contributed by atoms with van der Waals surface area (Å²) in [5, 5.41) is 0. The molecule has 0 bridgehead atoms. The molecule has 1 atom stereocenters. The van der Waals surface area contributed by atoms with E-state index in [1.54, 1.807) is 0 Å². The monoisotopic (exact) mass is 253 g/mol. The molecule has 1 heteroatoms. The van der Waals surface area contributed by atoms with E-state index in [1.807, 2.05) is 0 Å². The highest BCUT2D eigenvalue weighted by Crippen LogP contribution is 2.24. The molecule has 2 N–H and O–H groups in total. The van der Waals surface area contributed by atoms with Gasteiger partial charge in [0, 0.05) is 5.92 Å². The van der Waals surface area contributed by atoms with Gasteiger partial charge in [0.2, 0.25) is 0 Å². The molecule has 0 aliphatic rings. The molecule has 0 aliphatic carbocycles.